The topological polar surface area (TPSA) is 128 Å². The van der Waals surface area contributed by atoms with Gasteiger partial charge in [0.05, 0.1) is 29.6 Å². The van der Waals surface area contributed by atoms with Gasteiger partial charge in [-0.2, -0.15) is 0 Å². The largest absolute Gasteiger partial charge is 0.495 e. The first-order chi connectivity index (χ1) is 16.6. The fourth-order valence-corrected chi connectivity index (χ4v) is 3.61. The Morgan fingerprint density at radius 2 is 1.83 bits per heavy atom. The molecule has 0 bridgehead atoms. The van der Waals surface area contributed by atoms with E-state index in [1.165, 1.54) is 6.20 Å². The van der Waals surface area contributed by atoms with Crippen molar-refractivity contribution in [3.63, 3.8) is 0 Å². The standard InChI is InChI=1S/C26H33N5O4/c1-6-16-9-7-8-10-19(16)31-23-17-13-21(28-11-12-29-25(33)35-26(2,3)4)22(34-5)14-20(17)30-15-18(23)24(27)32/h7-10,13-15,28H,6,11-12H2,1-5H3,(H2,27,32)(H,29,33)(H,30,31). The molecule has 0 radical (unpaired) electrons. The van der Waals surface area contributed by atoms with Crippen LogP contribution in [-0.2, 0) is 11.2 Å². The number of aromatic nitrogens is 1. The summed E-state index contributed by atoms with van der Waals surface area (Å²) in [6.45, 7) is 8.26. The molecule has 0 spiro atoms. The summed E-state index contributed by atoms with van der Waals surface area (Å²) >= 11 is 0. The number of carbonyl (C=O) groups is 2. The fraction of sp³-hybridized carbons (Fsp3) is 0.346. The van der Waals surface area contributed by atoms with E-state index in [2.05, 4.69) is 27.9 Å². The molecular weight excluding hydrogens is 446 g/mol. The van der Waals surface area contributed by atoms with Gasteiger partial charge < -0.3 is 31.2 Å². The van der Waals surface area contributed by atoms with Crippen LogP contribution in [0.5, 0.6) is 5.75 Å². The number of methoxy groups -OCH3 is 1. The molecule has 5 N–H and O–H groups in total. The lowest BCUT2D eigenvalue weighted by atomic mass is 10.1. The van der Waals surface area contributed by atoms with E-state index in [4.69, 9.17) is 15.2 Å². The summed E-state index contributed by atoms with van der Waals surface area (Å²) in [4.78, 5) is 28.6. The summed E-state index contributed by atoms with van der Waals surface area (Å²) in [6.07, 6.45) is 1.81. The van der Waals surface area contributed by atoms with Crippen molar-refractivity contribution in [2.45, 2.75) is 39.7 Å². The Morgan fingerprint density at radius 3 is 2.49 bits per heavy atom. The number of benzene rings is 2. The van der Waals surface area contributed by atoms with Crippen molar-refractivity contribution in [1.82, 2.24) is 10.3 Å². The summed E-state index contributed by atoms with van der Waals surface area (Å²) in [5, 5.41) is 10.1. The van der Waals surface area contributed by atoms with E-state index in [9.17, 15) is 9.59 Å². The van der Waals surface area contributed by atoms with Crippen LogP contribution in [0.15, 0.2) is 42.6 Å². The molecule has 0 atom stereocenters. The van der Waals surface area contributed by atoms with Crippen molar-refractivity contribution in [1.29, 1.82) is 0 Å². The highest BCUT2D eigenvalue weighted by Gasteiger charge is 2.18. The molecule has 0 aliphatic rings. The summed E-state index contributed by atoms with van der Waals surface area (Å²) < 4.78 is 10.8. The minimum absolute atomic E-state index is 0.283. The fourth-order valence-electron chi connectivity index (χ4n) is 3.61. The number of pyridine rings is 1. The molecule has 35 heavy (non-hydrogen) atoms. The van der Waals surface area contributed by atoms with Crippen LogP contribution < -0.4 is 26.4 Å². The molecule has 9 nitrogen and oxygen atoms in total. The summed E-state index contributed by atoms with van der Waals surface area (Å²) in [6, 6.07) is 11.5. The molecule has 0 aliphatic heterocycles. The maximum atomic E-state index is 12.2. The molecule has 1 aromatic heterocycles. The highest BCUT2D eigenvalue weighted by Crippen LogP contribution is 2.36. The number of primary amides is 1. The first-order valence-corrected chi connectivity index (χ1v) is 11.5. The Bertz CT molecular complexity index is 1220. The third-order valence-corrected chi connectivity index (χ3v) is 5.22. The van der Waals surface area contributed by atoms with Crippen molar-refractivity contribution in [2.24, 2.45) is 5.73 Å². The zero-order chi connectivity index (χ0) is 25.6. The number of para-hydroxylation sites is 1. The molecule has 2 aromatic carbocycles. The number of fused-ring (bicyclic) bond motifs is 1. The number of aryl methyl sites for hydroxylation is 1. The molecule has 0 aliphatic carbocycles. The van der Waals surface area contributed by atoms with Crippen LogP contribution in [-0.4, -0.2) is 42.8 Å². The molecule has 3 rings (SSSR count). The quantitative estimate of drug-likeness (QED) is 0.331. The molecule has 0 saturated carbocycles. The third-order valence-electron chi connectivity index (χ3n) is 5.22. The van der Waals surface area contributed by atoms with Gasteiger partial charge in [-0.25, -0.2) is 4.79 Å². The van der Waals surface area contributed by atoms with Crippen LogP contribution in [0.3, 0.4) is 0 Å². The van der Waals surface area contributed by atoms with E-state index in [-0.39, 0.29) is 5.56 Å². The van der Waals surface area contributed by atoms with Crippen molar-refractivity contribution in [2.75, 3.05) is 30.8 Å². The second-order valence-corrected chi connectivity index (χ2v) is 8.97. The van der Waals surface area contributed by atoms with Gasteiger partial charge in [-0.1, -0.05) is 25.1 Å². The number of amides is 2. The lowest BCUT2D eigenvalue weighted by Crippen LogP contribution is -2.35. The number of alkyl carbamates (subject to hydrolysis) is 1. The normalized spacial score (nSPS) is 11.1. The number of nitrogens with zero attached hydrogens (tertiary/aromatic N) is 1. The molecule has 2 amide bonds. The average Bonchev–Trinajstić information content (AvgIpc) is 2.80. The van der Waals surface area contributed by atoms with Gasteiger partial charge in [-0.15, -0.1) is 0 Å². The van der Waals surface area contributed by atoms with Crippen molar-refractivity contribution in [3.8, 4) is 5.75 Å². The van der Waals surface area contributed by atoms with Crippen molar-refractivity contribution >= 4 is 40.0 Å². The number of hydrogen-bond donors (Lipinski definition) is 4. The Morgan fingerprint density at radius 1 is 1.09 bits per heavy atom. The van der Waals surface area contributed by atoms with E-state index in [0.29, 0.717) is 41.1 Å². The average molecular weight is 480 g/mol. The van der Waals surface area contributed by atoms with Gasteiger partial charge in [0.1, 0.15) is 11.4 Å². The number of carbonyl (C=O) groups excluding carboxylic acids is 2. The van der Waals surface area contributed by atoms with E-state index in [0.717, 1.165) is 17.7 Å². The smallest absolute Gasteiger partial charge is 0.407 e. The van der Waals surface area contributed by atoms with Gasteiger partial charge in [-0.05, 0) is 44.9 Å². The molecule has 186 valence electrons. The first kappa shape index (κ1) is 25.6. The van der Waals surface area contributed by atoms with E-state index in [1.807, 2.05) is 51.1 Å². The van der Waals surface area contributed by atoms with Gasteiger partial charge >= 0.3 is 6.09 Å². The van der Waals surface area contributed by atoms with E-state index < -0.39 is 17.6 Å². The maximum Gasteiger partial charge on any atom is 0.407 e. The summed E-state index contributed by atoms with van der Waals surface area (Å²) in [5.74, 6) is -0.00299. The SMILES string of the molecule is CCc1ccccc1Nc1c(C(N)=O)cnc2cc(OC)c(NCCNC(=O)OC(C)(C)C)cc12. The van der Waals surface area contributed by atoms with Crippen molar-refractivity contribution in [3.05, 3.63) is 53.7 Å². The van der Waals surface area contributed by atoms with Gasteiger partial charge in [0.15, 0.2) is 0 Å². The van der Waals surface area contributed by atoms with E-state index >= 15 is 0 Å². The number of anilines is 3. The molecule has 3 aromatic rings. The van der Waals surface area contributed by atoms with Crippen LogP contribution >= 0.6 is 0 Å². The molecular formula is C26H33N5O4. The van der Waals surface area contributed by atoms with E-state index in [1.54, 1.807) is 13.2 Å². The Kier molecular flexibility index (Phi) is 8.01. The lowest BCUT2D eigenvalue weighted by Gasteiger charge is -2.20. The van der Waals surface area contributed by atoms with Crippen LogP contribution in [0, 0.1) is 0 Å². The minimum atomic E-state index is -0.581. The summed E-state index contributed by atoms with van der Waals surface area (Å²) in [5.41, 5.74) is 9.28. The zero-order valence-corrected chi connectivity index (χ0v) is 20.8. The van der Waals surface area contributed by atoms with Gasteiger partial charge in [0.2, 0.25) is 0 Å². The predicted molar refractivity (Wildman–Crippen MR) is 139 cm³/mol. The second kappa shape index (κ2) is 10.9. The number of rotatable bonds is 9. The first-order valence-electron chi connectivity index (χ1n) is 11.5. The van der Waals surface area contributed by atoms with Gasteiger partial charge in [0, 0.05) is 36.4 Å². The second-order valence-electron chi connectivity index (χ2n) is 8.97. The van der Waals surface area contributed by atoms with Gasteiger partial charge in [-0.3, -0.25) is 9.78 Å². The zero-order valence-electron chi connectivity index (χ0n) is 20.8. The molecule has 1 heterocycles. The molecule has 0 saturated heterocycles. The summed E-state index contributed by atoms with van der Waals surface area (Å²) in [7, 11) is 1.57. The number of nitrogens with two attached hydrogens (primary N) is 1. The van der Waals surface area contributed by atoms with Crippen molar-refractivity contribution < 1.29 is 19.1 Å². The number of hydrogen-bond acceptors (Lipinski definition) is 7. The Labute approximate surface area is 205 Å². The van der Waals surface area contributed by atoms with Crippen LogP contribution in [0.2, 0.25) is 0 Å². The molecule has 0 fully saturated rings. The third kappa shape index (κ3) is 6.53. The lowest BCUT2D eigenvalue weighted by molar-refractivity contribution is 0.0530. The van der Waals surface area contributed by atoms with Crippen LogP contribution in [0.1, 0.15) is 43.6 Å². The minimum Gasteiger partial charge on any atom is -0.495 e. The molecule has 9 heteroatoms. The highest BCUT2D eigenvalue weighted by atomic mass is 16.6. The van der Waals surface area contributed by atoms with Crippen LogP contribution in [0.4, 0.5) is 21.9 Å². The Balaban J connectivity index is 1.93. The molecule has 0 unspecified atom stereocenters. The number of ether oxygens (including phenoxy) is 2. The monoisotopic (exact) mass is 479 g/mol. The number of nitrogens with one attached hydrogen (secondary N) is 3. The van der Waals surface area contributed by atoms with Crippen LogP contribution in [0.25, 0.3) is 10.9 Å². The van der Waals surface area contributed by atoms with Gasteiger partial charge in [0.25, 0.3) is 5.91 Å². The maximum absolute atomic E-state index is 12.2. The highest BCUT2D eigenvalue weighted by molar-refractivity contribution is 6.08. The predicted octanol–water partition coefficient (Wildman–Crippen LogP) is 4.58. The Hall–Kier alpha value is -4.01.